The van der Waals surface area contributed by atoms with Crippen LogP contribution < -0.4 is 51.3 Å². The van der Waals surface area contributed by atoms with Gasteiger partial charge in [-0.3, -0.25) is 43.7 Å². The van der Waals surface area contributed by atoms with Crippen LogP contribution in [0.4, 0.5) is 73.6 Å². The third-order valence-corrected chi connectivity index (χ3v) is 27.2. The van der Waals surface area contributed by atoms with Crippen molar-refractivity contribution in [3.8, 4) is 45.3 Å². The largest absolute Gasteiger partial charge is 0.508 e. The lowest BCUT2D eigenvalue weighted by atomic mass is 10.0. The molecule has 7 N–H and O–H groups in total. The second-order valence-corrected chi connectivity index (χ2v) is 37.9. The van der Waals surface area contributed by atoms with Crippen molar-refractivity contribution < 1.29 is 87.7 Å². The summed E-state index contributed by atoms with van der Waals surface area (Å²) in [7, 11) is 0. The molecule has 149 heavy (non-hydrogen) atoms. The number of hydrogen-bond donors (Lipinski definition) is 7. The Kier molecular flexibility index (Phi) is 37.0. The van der Waals surface area contributed by atoms with Crippen molar-refractivity contribution in [3.05, 3.63) is 387 Å². The van der Waals surface area contributed by atoms with Crippen LogP contribution >= 0.6 is 35.1 Å². The average Bonchev–Trinajstić information content (AvgIpc) is 0.799. The Labute approximate surface area is 869 Å². The van der Waals surface area contributed by atoms with Gasteiger partial charge in [-0.05, 0) is 298 Å². The maximum atomic E-state index is 13.8. The second-order valence-electron chi connectivity index (χ2n) is 35.5. The van der Waals surface area contributed by atoms with Gasteiger partial charge in [-0.25, -0.2) is 4.79 Å². The van der Waals surface area contributed by atoms with Crippen molar-refractivity contribution in [1.82, 2.24) is 30.9 Å². The number of thioether (sulfide) groups is 2. The summed E-state index contributed by atoms with van der Waals surface area (Å²) in [5, 5.41) is 27.0. The number of piperidine rings is 3. The highest BCUT2D eigenvalue weighted by Crippen LogP contribution is 2.41. The molecular weight excluding hydrogens is 1980 g/mol. The molecule has 0 unspecified atom stereocenters. The standard InChI is InChI=1S/C43H41F3N4O5S.C39H35F3N4O3S.C33H30ClF3N4O2/c1-2-54-40(51)27-55-35-13-8-14-36(25-35)56-28-30-10-6-11-31(21-30)42(53)49-38-16-15-34(50-19-4-3-5-20-50)24-37(38)39-23-32(17-18-47-39)41(52)48-26-29-9-7-12-33(22-29)43(44,45)46;40-39(41,42)30-10-5-7-26(20-30)24-44-37(48)29-15-16-43-36(21-29)34-22-31(46-17-2-1-3-18-46)13-14-35(34)45-38(49)28-9-4-8-27(19-28)25-50-33-12-6-11-32(47)23-33;34-20-22-6-4-8-24(16-22)32(43)40-29-11-10-27(41-14-2-1-3-15-41)19-28(29)30-18-25(12-13-38-30)31(42)39-21-23-7-5-9-26(17-23)33(35,36)37/h6-18,21-25H,2-5,19-20,26-28H2,1H3,(H,48,52)(H,49,53);4-16,19-23,47H,1-3,17-18,24-25H2,(H,44,48)(H,45,49);4-13,16-19H,1-3,14-15,20-21H2,(H,39,42)(H,40,43). The number of nitrogens with zero attached hydrogens (tertiary/aromatic N) is 6. The molecule has 0 radical (unpaired) electrons. The van der Waals surface area contributed by atoms with E-state index >= 15 is 0 Å². The van der Waals surface area contributed by atoms with Gasteiger partial charge in [-0.1, -0.05) is 84.9 Å². The van der Waals surface area contributed by atoms with Crippen molar-refractivity contribution in [2.75, 3.05) is 83.1 Å². The molecule has 14 aromatic rings. The van der Waals surface area contributed by atoms with Crippen LogP contribution in [0.15, 0.2) is 314 Å². The third kappa shape index (κ3) is 30.8. The van der Waals surface area contributed by atoms with Gasteiger partial charge in [0.05, 0.1) is 57.4 Å². The van der Waals surface area contributed by atoms with Crippen LogP contribution in [0.5, 0.6) is 11.5 Å². The number of halogens is 10. The van der Waals surface area contributed by atoms with Crippen molar-refractivity contribution in [3.63, 3.8) is 0 Å². The number of pyridine rings is 3. The van der Waals surface area contributed by atoms with E-state index in [-0.39, 0.29) is 78.9 Å². The van der Waals surface area contributed by atoms with Gasteiger partial charge in [-0.15, -0.1) is 35.1 Å². The summed E-state index contributed by atoms with van der Waals surface area (Å²) in [5.74, 6) is -0.585. The number of anilines is 6. The number of carbonyl (C=O) groups excluding carboxylic acids is 7. The minimum Gasteiger partial charge on any atom is -0.508 e. The first-order valence-corrected chi connectivity index (χ1v) is 51.0. The molecule has 3 aromatic heterocycles. The van der Waals surface area contributed by atoms with E-state index in [0.717, 1.165) is 164 Å². The smallest absolute Gasteiger partial charge is 0.416 e. The van der Waals surface area contributed by atoms with Crippen LogP contribution in [0.1, 0.15) is 177 Å². The normalized spacial score (nSPS) is 13.1. The maximum Gasteiger partial charge on any atom is 0.416 e. The molecule has 3 fully saturated rings. The van der Waals surface area contributed by atoms with E-state index < -0.39 is 58.9 Å². The quantitative estimate of drug-likeness (QED) is 0.00893. The van der Waals surface area contributed by atoms with Crippen molar-refractivity contribution >= 4 is 111 Å². The summed E-state index contributed by atoms with van der Waals surface area (Å²) in [6.07, 6.45) is 1.03. The van der Waals surface area contributed by atoms with Gasteiger partial charge in [0, 0.05) is 172 Å². The van der Waals surface area contributed by atoms with Crippen LogP contribution in [-0.2, 0) is 65.1 Å². The Morgan fingerprint density at radius 1 is 0.349 bits per heavy atom. The Morgan fingerprint density at radius 2 is 0.671 bits per heavy atom. The van der Waals surface area contributed by atoms with Crippen LogP contribution in [0.3, 0.4) is 0 Å². The van der Waals surface area contributed by atoms with Crippen molar-refractivity contribution in [1.29, 1.82) is 0 Å². The number of esters is 1. The van der Waals surface area contributed by atoms with E-state index in [2.05, 4.69) is 61.6 Å². The molecule has 17 rings (SSSR count). The Morgan fingerprint density at radius 3 is 1.02 bits per heavy atom. The highest BCUT2D eigenvalue weighted by molar-refractivity contribution is 7.98. The van der Waals surface area contributed by atoms with E-state index in [1.165, 1.54) is 86.0 Å². The molecule has 768 valence electrons. The minimum atomic E-state index is -4.49. The summed E-state index contributed by atoms with van der Waals surface area (Å²) < 4.78 is 129. The van der Waals surface area contributed by atoms with Gasteiger partial charge in [-0.2, -0.15) is 39.5 Å². The average molecular weight is 2090 g/mol. The van der Waals surface area contributed by atoms with Crippen LogP contribution in [0.2, 0.25) is 0 Å². The van der Waals surface area contributed by atoms with Crippen LogP contribution in [0.25, 0.3) is 33.8 Å². The predicted molar refractivity (Wildman–Crippen MR) is 564 cm³/mol. The number of aromatic nitrogens is 3. The number of phenolic OH excluding ortho intramolecular Hbond substituents is 1. The number of aromatic hydroxyl groups is 1. The monoisotopic (exact) mass is 2080 g/mol. The fourth-order valence-electron chi connectivity index (χ4n) is 17.1. The predicted octanol–water partition coefficient (Wildman–Crippen LogP) is 25.8. The van der Waals surface area contributed by atoms with Gasteiger partial charge in [0.2, 0.25) is 0 Å². The summed E-state index contributed by atoms with van der Waals surface area (Å²) in [4.78, 5) is 114. The SMILES string of the molecule is CCOC(=O)COc1cccc(SCc2cccc(C(=O)Nc3ccc(N4CCCCC4)cc3-c3cc(C(=O)NCc4cccc(C(F)(F)F)c4)ccn3)c2)c1.O=C(NCc1cccc(C(F)(F)F)c1)c1ccnc(-c2cc(N3CCCCC3)ccc2NC(=O)c2cccc(CCl)c2)c1.O=C(NCc1cccc(C(F)(F)F)c1)c1ccnc(-c2cc(N3CCCCC3)ccc2NC(=O)c2cccc(CSc3cccc(O)c3)c2)c1. The lowest BCUT2D eigenvalue weighted by Crippen LogP contribution is -2.29. The zero-order valence-corrected chi connectivity index (χ0v) is 83.4. The number of amides is 6. The molecule has 3 saturated heterocycles. The number of nitrogens with one attached hydrogen (secondary N) is 6. The molecule has 11 aromatic carbocycles. The number of alkyl halides is 10. The summed E-state index contributed by atoms with van der Waals surface area (Å²) in [6.45, 7) is 7.03. The van der Waals surface area contributed by atoms with Gasteiger partial charge in [0.1, 0.15) is 11.5 Å². The van der Waals surface area contributed by atoms with Crippen LogP contribution in [-0.4, -0.2) is 114 Å². The zero-order chi connectivity index (χ0) is 105. The number of phenols is 1. The van der Waals surface area contributed by atoms with E-state index in [4.69, 9.17) is 21.1 Å². The molecule has 0 spiro atoms. The molecule has 0 aliphatic carbocycles. The van der Waals surface area contributed by atoms with E-state index in [0.29, 0.717) is 101 Å². The van der Waals surface area contributed by atoms with Gasteiger partial charge in [0.25, 0.3) is 35.4 Å². The van der Waals surface area contributed by atoms with E-state index in [1.807, 2.05) is 121 Å². The van der Waals surface area contributed by atoms with Crippen LogP contribution in [0, 0.1) is 0 Å². The highest BCUT2D eigenvalue weighted by Gasteiger charge is 2.34. The fourth-order valence-corrected chi connectivity index (χ4v) is 19.0. The fraction of sp³-hybridized carbons (Fsp3) is 0.235. The van der Waals surface area contributed by atoms with Gasteiger partial charge in [0.15, 0.2) is 6.61 Å². The van der Waals surface area contributed by atoms with Gasteiger partial charge < -0.3 is 61.2 Å². The first-order chi connectivity index (χ1) is 71.9. The topological polar surface area (TPSA) is 279 Å². The van der Waals surface area contributed by atoms with Gasteiger partial charge >= 0.3 is 24.5 Å². The lowest BCUT2D eigenvalue weighted by Gasteiger charge is -2.29. The molecule has 34 heteroatoms. The second kappa shape index (κ2) is 51.2. The number of ether oxygens (including phenoxy) is 2. The molecule has 0 atom stereocenters. The third-order valence-electron chi connectivity index (χ3n) is 24.8. The first kappa shape index (κ1) is 108. The Bertz CT molecular complexity index is 7100. The molecule has 3 aliphatic heterocycles. The molecule has 3 aliphatic rings. The number of rotatable bonds is 32. The summed E-state index contributed by atoms with van der Waals surface area (Å²) >= 11 is 9.07. The lowest BCUT2D eigenvalue weighted by molar-refractivity contribution is -0.145. The summed E-state index contributed by atoms with van der Waals surface area (Å²) in [6, 6.07) is 77.5. The zero-order valence-electron chi connectivity index (χ0n) is 81.0. The first-order valence-electron chi connectivity index (χ1n) is 48.5. The molecule has 6 amide bonds. The minimum absolute atomic E-state index is 0.0759. The molecular formula is C115H106ClF9N12O10S2. The van der Waals surface area contributed by atoms with E-state index in [1.54, 1.807) is 103 Å². The number of hydrogen-bond acceptors (Lipinski definition) is 18. The maximum absolute atomic E-state index is 13.8. The molecule has 6 heterocycles. The summed E-state index contributed by atoms with van der Waals surface area (Å²) in [5.41, 5.74) is 11.3. The Balaban J connectivity index is 0.000000169. The van der Waals surface area contributed by atoms with Crippen molar-refractivity contribution in [2.24, 2.45) is 0 Å². The molecule has 22 nitrogen and oxygen atoms in total. The number of carbonyl (C=O) groups is 7. The molecule has 0 saturated carbocycles. The van der Waals surface area contributed by atoms with E-state index in [9.17, 15) is 78.2 Å². The van der Waals surface area contributed by atoms with Crippen molar-refractivity contribution in [2.45, 2.75) is 130 Å². The Hall–Kier alpha value is -15.5. The molecule has 0 bridgehead atoms. The highest BCUT2D eigenvalue weighted by atomic mass is 35.5. The number of benzene rings is 11.